The normalized spacial score (nSPS) is 11.4. The first-order valence-corrected chi connectivity index (χ1v) is 11.6. The molecule has 0 aliphatic carbocycles. The molecule has 0 aliphatic heterocycles. The van der Waals surface area contributed by atoms with Crippen molar-refractivity contribution in [2.75, 3.05) is 25.6 Å². The zero-order chi connectivity index (χ0) is 24.5. The number of carbonyl (C=O) groups excluding carboxylic acids is 2. The summed E-state index contributed by atoms with van der Waals surface area (Å²) >= 11 is 1.55. The van der Waals surface area contributed by atoms with E-state index in [1.165, 1.54) is 12.2 Å². The van der Waals surface area contributed by atoms with Crippen LogP contribution in [0, 0.1) is 0 Å². The van der Waals surface area contributed by atoms with Gasteiger partial charge in [-0.05, 0) is 63.1 Å². The summed E-state index contributed by atoms with van der Waals surface area (Å²) in [5, 5.41) is 21.0. The predicted octanol–water partition coefficient (Wildman–Crippen LogP) is 3.53. The van der Waals surface area contributed by atoms with Gasteiger partial charge < -0.3 is 14.6 Å². The monoisotopic (exact) mass is 476 g/mol. The zero-order valence-corrected chi connectivity index (χ0v) is 20.4. The van der Waals surface area contributed by atoms with Crippen LogP contribution < -0.4 is 0 Å². The van der Waals surface area contributed by atoms with Gasteiger partial charge in [0, 0.05) is 24.5 Å². The molecule has 0 radical (unpaired) electrons. The van der Waals surface area contributed by atoms with Crippen LogP contribution in [0.3, 0.4) is 0 Å². The molecule has 0 saturated carbocycles. The number of ether oxygens (including phenoxy) is 2. The van der Waals surface area contributed by atoms with E-state index in [1.54, 1.807) is 37.2 Å². The van der Waals surface area contributed by atoms with Crippen LogP contribution in [0.5, 0.6) is 0 Å². The molecule has 0 amide bonds. The molecule has 0 fully saturated rings. The van der Waals surface area contributed by atoms with Crippen LogP contribution in [0.15, 0.2) is 58.8 Å². The number of benzene rings is 1. The number of esters is 2. The lowest BCUT2D eigenvalue weighted by molar-refractivity contribution is -0.138. The Labute approximate surface area is 198 Å². The topological polar surface area (TPSA) is 116 Å². The molecule has 2 aromatic rings. The number of hydrogen-bond acceptors (Lipinski definition) is 9. The highest BCUT2D eigenvalue weighted by molar-refractivity contribution is 7.99. The number of hydrogen-bond donors (Lipinski definition) is 1. The van der Waals surface area contributed by atoms with E-state index < -0.39 is 0 Å². The van der Waals surface area contributed by atoms with Gasteiger partial charge in [-0.3, -0.25) is 0 Å². The predicted molar refractivity (Wildman–Crippen MR) is 127 cm³/mol. The van der Waals surface area contributed by atoms with E-state index in [0.717, 1.165) is 34.2 Å². The Morgan fingerprint density at radius 3 is 2.12 bits per heavy atom. The fourth-order valence-electron chi connectivity index (χ4n) is 2.39. The number of allylic oxidation sites excluding steroid dienone is 1. The molecule has 180 valence electrons. The lowest BCUT2D eigenvalue weighted by Gasteiger charge is -2.04. The third-order valence-electron chi connectivity index (χ3n) is 3.98. The first kappa shape index (κ1) is 28.1. The summed E-state index contributed by atoms with van der Waals surface area (Å²) < 4.78 is 11.2. The average molecular weight is 477 g/mol. The van der Waals surface area contributed by atoms with E-state index in [4.69, 9.17) is 9.84 Å². The van der Waals surface area contributed by atoms with Gasteiger partial charge in [0.1, 0.15) is 0 Å². The highest BCUT2D eigenvalue weighted by Gasteiger charge is 2.08. The van der Waals surface area contributed by atoms with Crippen molar-refractivity contribution in [2.45, 2.75) is 45.7 Å². The van der Waals surface area contributed by atoms with Crippen molar-refractivity contribution >= 4 is 23.7 Å². The summed E-state index contributed by atoms with van der Waals surface area (Å²) in [7, 11) is 0. The van der Waals surface area contributed by atoms with Gasteiger partial charge in [-0.1, -0.05) is 41.1 Å². The fraction of sp³-hybridized carbons (Fsp3) is 0.435. The number of tetrazole rings is 1. The van der Waals surface area contributed by atoms with Gasteiger partial charge in [-0.25, -0.2) is 9.59 Å². The van der Waals surface area contributed by atoms with E-state index in [0.29, 0.717) is 19.6 Å². The summed E-state index contributed by atoms with van der Waals surface area (Å²) in [6.45, 7) is 8.10. The van der Waals surface area contributed by atoms with E-state index in [2.05, 4.69) is 20.3 Å². The average Bonchev–Trinajstić information content (AvgIpc) is 3.24. The summed E-state index contributed by atoms with van der Waals surface area (Å²) in [5.41, 5.74) is 2.74. The van der Waals surface area contributed by atoms with Gasteiger partial charge in [0.05, 0.1) is 18.9 Å². The molecule has 0 unspecified atom stereocenters. The van der Waals surface area contributed by atoms with Crippen LogP contribution in [0.1, 0.15) is 40.5 Å². The zero-order valence-electron chi connectivity index (χ0n) is 19.6. The SMILES string of the molecule is CCOC(=O)/C=C(\C)CCO.CCOC(=O)/C=C(\C)CCSc1nnnn1-c1ccccc1. The maximum Gasteiger partial charge on any atom is 0.330 e. The fourth-order valence-corrected chi connectivity index (χ4v) is 3.36. The molecule has 33 heavy (non-hydrogen) atoms. The number of para-hydroxylation sites is 1. The van der Waals surface area contributed by atoms with Crippen molar-refractivity contribution in [3.05, 3.63) is 53.6 Å². The van der Waals surface area contributed by atoms with Gasteiger partial charge in [-0.15, -0.1) is 5.10 Å². The summed E-state index contributed by atoms with van der Waals surface area (Å²) in [6, 6.07) is 9.73. The molecule has 0 spiro atoms. The molecule has 1 heterocycles. The number of rotatable bonds is 11. The van der Waals surface area contributed by atoms with E-state index in [1.807, 2.05) is 37.3 Å². The van der Waals surface area contributed by atoms with Crippen molar-refractivity contribution in [2.24, 2.45) is 0 Å². The smallest absolute Gasteiger partial charge is 0.330 e. The molecule has 9 nitrogen and oxygen atoms in total. The second-order valence-electron chi connectivity index (χ2n) is 6.77. The maximum atomic E-state index is 11.3. The van der Waals surface area contributed by atoms with Crippen molar-refractivity contribution in [3.8, 4) is 5.69 Å². The minimum atomic E-state index is -0.335. The Bertz CT molecular complexity index is 913. The molecule has 0 atom stereocenters. The Hall–Kier alpha value is -2.98. The van der Waals surface area contributed by atoms with Gasteiger partial charge in [0.15, 0.2) is 0 Å². The second-order valence-corrected chi connectivity index (χ2v) is 7.83. The molecule has 10 heteroatoms. The minimum Gasteiger partial charge on any atom is -0.463 e. The number of carbonyl (C=O) groups is 2. The van der Waals surface area contributed by atoms with Crippen LogP contribution >= 0.6 is 11.8 Å². The lowest BCUT2D eigenvalue weighted by atomic mass is 10.2. The van der Waals surface area contributed by atoms with Crippen molar-refractivity contribution in [1.29, 1.82) is 0 Å². The van der Waals surface area contributed by atoms with Gasteiger partial charge in [-0.2, -0.15) is 4.68 Å². The first-order valence-electron chi connectivity index (χ1n) is 10.7. The third kappa shape index (κ3) is 12.0. The summed E-state index contributed by atoms with van der Waals surface area (Å²) in [4.78, 5) is 22.1. The van der Waals surface area contributed by atoms with Gasteiger partial charge >= 0.3 is 11.9 Å². The maximum absolute atomic E-state index is 11.3. The van der Waals surface area contributed by atoms with Gasteiger partial charge in [0.25, 0.3) is 0 Å². The van der Waals surface area contributed by atoms with Crippen molar-refractivity contribution < 1.29 is 24.2 Å². The van der Waals surface area contributed by atoms with Crippen LogP contribution in [-0.2, 0) is 19.1 Å². The highest BCUT2D eigenvalue weighted by atomic mass is 32.2. The molecule has 0 bridgehead atoms. The Morgan fingerprint density at radius 2 is 1.58 bits per heavy atom. The van der Waals surface area contributed by atoms with E-state index >= 15 is 0 Å². The second kappa shape index (κ2) is 16.6. The summed E-state index contributed by atoms with van der Waals surface area (Å²) in [5.74, 6) is 0.159. The van der Waals surface area contributed by atoms with Crippen LogP contribution in [0.2, 0.25) is 0 Å². The number of nitrogens with zero attached hydrogens (tertiary/aromatic N) is 4. The number of aliphatic hydroxyl groups excluding tert-OH is 1. The van der Waals surface area contributed by atoms with Crippen molar-refractivity contribution in [3.63, 3.8) is 0 Å². The highest BCUT2D eigenvalue weighted by Crippen LogP contribution is 2.20. The molecule has 2 rings (SSSR count). The molecule has 1 aromatic carbocycles. The Balaban J connectivity index is 0.000000420. The quantitative estimate of drug-likeness (QED) is 0.295. The third-order valence-corrected chi connectivity index (χ3v) is 4.90. The van der Waals surface area contributed by atoms with Crippen LogP contribution in [-0.4, -0.2) is 62.8 Å². The molecule has 1 aromatic heterocycles. The van der Waals surface area contributed by atoms with Crippen LogP contribution in [0.25, 0.3) is 5.69 Å². The number of aromatic nitrogens is 4. The largest absolute Gasteiger partial charge is 0.463 e. The minimum absolute atomic E-state index is 0.0712. The Morgan fingerprint density at radius 1 is 1.00 bits per heavy atom. The van der Waals surface area contributed by atoms with Gasteiger partial charge in [0.2, 0.25) is 5.16 Å². The molecular formula is C23H32N4O5S. The molecule has 0 aliphatic rings. The van der Waals surface area contributed by atoms with E-state index in [-0.39, 0.29) is 18.5 Å². The van der Waals surface area contributed by atoms with Crippen LogP contribution in [0.4, 0.5) is 0 Å². The van der Waals surface area contributed by atoms with E-state index in [9.17, 15) is 9.59 Å². The number of thioether (sulfide) groups is 1. The molecule has 0 saturated heterocycles. The Kier molecular flexibility index (Phi) is 14.1. The van der Waals surface area contributed by atoms with Crippen molar-refractivity contribution in [1.82, 2.24) is 20.2 Å². The summed E-state index contributed by atoms with van der Waals surface area (Å²) in [6.07, 6.45) is 4.23. The molecule has 1 N–H and O–H groups in total. The standard InChI is InChI=1S/C15H18N4O2S.C8H14O3/c1-3-21-14(20)11-12(2)9-10-22-15-16-17-18-19(15)13-7-5-4-6-8-13;1-3-11-8(10)6-7(2)4-5-9/h4-8,11H,3,9-10H2,1-2H3;6,9H,3-5H2,1-2H3/b12-11+;7-6+. The first-order chi connectivity index (χ1) is 15.9. The molecular weight excluding hydrogens is 444 g/mol. The lowest BCUT2D eigenvalue weighted by Crippen LogP contribution is -2.01. The number of aliphatic hydroxyl groups is 1.